The summed E-state index contributed by atoms with van der Waals surface area (Å²) in [6.07, 6.45) is -1.86. The van der Waals surface area contributed by atoms with Crippen LogP contribution < -0.4 is 14.8 Å². The van der Waals surface area contributed by atoms with Crippen LogP contribution in [-0.2, 0) is 6.18 Å². The number of fused-ring (bicyclic) bond motifs is 1. The molecular weight excluding hydrogens is 436 g/mol. The van der Waals surface area contributed by atoms with Crippen LogP contribution >= 0.6 is 0 Å². The molecule has 13 heteroatoms. The number of aromatic nitrogens is 5. The lowest BCUT2D eigenvalue weighted by Gasteiger charge is -2.14. The van der Waals surface area contributed by atoms with E-state index in [0.717, 1.165) is 12.1 Å². The van der Waals surface area contributed by atoms with Gasteiger partial charge in [-0.1, -0.05) is 0 Å². The zero-order valence-electron chi connectivity index (χ0n) is 16.1. The Labute approximate surface area is 176 Å². The SMILES string of the molecule is COc1cc(F)ccc1Oc1nnc(C(F)(F)F)cc1C(=O)Nc1ccn2cnnc2c1. The van der Waals surface area contributed by atoms with Crippen LogP contribution in [0.1, 0.15) is 16.1 Å². The van der Waals surface area contributed by atoms with Crippen LogP contribution in [-0.4, -0.2) is 37.8 Å². The average molecular weight is 448 g/mol. The second-order valence-electron chi connectivity index (χ2n) is 6.31. The van der Waals surface area contributed by atoms with Gasteiger partial charge in [-0.2, -0.15) is 13.2 Å². The minimum Gasteiger partial charge on any atom is -0.493 e. The molecule has 1 amide bonds. The first-order valence-electron chi connectivity index (χ1n) is 8.81. The zero-order chi connectivity index (χ0) is 22.9. The lowest BCUT2D eigenvalue weighted by atomic mass is 10.2. The van der Waals surface area contributed by atoms with Gasteiger partial charge in [-0.3, -0.25) is 9.20 Å². The topological polar surface area (TPSA) is 104 Å². The lowest BCUT2D eigenvalue weighted by molar-refractivity contribution is -0.141. The highest BCUT2D eigenvalue weighted by atomic mass is 19.4. The molecule has 0 unspecified atom stereocenters. The van der Waals surface area contributed by atoms with Gasteiger partial charge in [0, 0.05) is 24.0 Å². The molecule has 0 radical (unpaired) electrons. The molecule has 0 aliphatic rings. The quantitative estimate of drug-likeness (QED) is 0.464. The maximum absolute atomic E-state index is 13.4. The summed E-state index contributed by atoms with van der Waals surface area (Å²) in [4.78, 5) is 12.8. The molecular formula is C19H12F4N6O3. The number of alkyl halides is 3. The van der Waals surface area contributed by atoms with E-state index in [1.165, 1.54) is 31.6 Å². The first kappa shape index (κ1) is 21.0. The highest BCUT2D eigenvalue weighted by molar-refractivity contribution is 6.06. The number of carbonyl (C=O) groups is 1. The van der Waals surface area contributed by atoms with Crippen molar-refractivity contribution in [3.05, 3.63) is 66.0 Å². The van der Waals surface area contributed by atoms with Gasteiger partial charge in [-0.15, -0.1) is 20.4 Å². The van der Waals surface area contributed by atoms with Crippen molar-refractivity contribution in [2.75, 3.05) is 12.4 Å². The van der Waals surface area contributed by atoms with Crippen molar-refractivity contribution in [2.45, 2.75) is 6.18 Å². The monoisotopic (exact) mass is 448 g/mol. The maximum atomic E-state index is 13.4. The van der Waals surface area contributed by atoms with Gasteiger partial charge in [0.25, 0.3) is 11.8 Å². The fourth-order valence-corrected chi connectivity index (χ4v) is 2.68. The van der Waals surface area contributed by atoms with E-state index < -0.39 is 35.0 Å². The van der Waals surface area contributed by atoms with Crippen molar-refractivity contribution in [1.29, 1.82) is 0 Å². The molecule has 1 N–H and O–H groups in total. The Morgan fingerprint density at radius 2 is 1.88 bits per heavy atom. The van der Waals surface area contributed by atoms with Crippen LogP contribution in [0.3, 0.4) is 0 Å². The first-order chi connectivity index (χ1) is 15.2. The Bertz CT molecular complexity index is 1310. The highest BCUT2D eigenvalue weighted by Gasteiger charge is 2.35. The van der Waals surface area contributed by atoms with Gasteiger partial charge in [0.15, 0.2) is 22.8 Å². The van der Waals surface area contributed by atoms with E-state index in [9.17, 15) is 22.4 Å². The van der Waals surface area contributed by atoms with Gasteiger partial charge in [0.2, 0.25) is 0 Å². The summed E-state index contributed by atoms with van der Waals surface area (Å²) in [6, 6.07) is 6.69. The van der Waals surface area contributed by atoms with Gasteiger partial charge in [0.1, 0.15) is 17.7 Å². The molecule has 3 aromatic heterocycles. The van der Waals surface area contributed by atoms with Crippen LogP contribution in [0.15, 0.2) is 48.9 Å². The Morgan fingerprint density at radius 1 is 1.06 bits per heavy atom. The van der Waals surface area contributed by atoms with E-state index >= 15 is 0 Å². The van der Waals surface area contributed by atoms with Crippen LogP contribution in [0, 0.1) is 5.82 Å². The van der Waals surface area contributed by atoms with E-state index in [1.54, 1.807) is 10.6 Å². The van der Waals surface area contributed by atoms with Crippen molar-refractivity contribution in [3.8, 4) is 17.4 Å². The normalized spacial score (nSPS) is 11.4. The lowest BCUT2D eigenvalue weighted by Crippen LogP contribution is -2.18. The minimum absolute atomic E-state index is 0.0599. The summed E-state index contributed by atoms with van der Waals surface area (Å²) in [5, 5.41) is 16.5. The molecule has 0 spiro atoms. The molecule has 0 aliphatic heterocycles. The zero-order valence-corrected chi connectivity index (χ0v) is 16.1. The van der Waals surface area contributed by atoms with Crippen molar-refractivity contribution in [1.82, 2.24) is 24.8 Å². The number of halogens is 4. The number of anilines is 1. The van der Waals surface area contributed by atoms with E-state index in [0.29, 0.717) is 11.7 Å². The number of methoxy groups -OCH3 is 1. The predicted molar refractivity (Wildman–Crippen MR) is 101 cm³/mol. The minimum atomic E-state index is -4.85. The second kappa shape index (κ2) is 8.09. The Morgan fingerprint density at radius 3 is 2.62 bits per heavy atom. The number of ether oxygens (including phenoxy) is 2. The van der Waals surface area contributed by atoms with E-state index in [1.807, 2.05) is 0 Å². The summed E-state index contributed by atoms with van der Waals surface area (Å²) < 4.78 is 64.9. The summed E-state index contributed by atoms with van der Waals surface area (Å²) >= 11 is 0. The number of nitrogens with one attached hydrogen (secondary N) is 1. The van der Waals surface area contributed by atoms with Crippen LogP contribution in [0.4, 0.5) is 23.2 Å². The van der Waals surface area contributed by atoms with Crippen molar-refractivity contribution in [2.24, 2.45) is 0 Å². The van der Waals surface area contributed by atoms with Crippen LogP contribution in [0.25, 0.3) is 5.65 Å². The molecule has 3 heterocycles. The molecule has 4 aromatic rings. The third-order valence-electron chi connectivity index (χ3n) is 4.19. The number of hydrogen-bond donors (Lipinski definition) is 1. The molecule has 0 atom stereocenters. The number of amides is 1. The number of carbonyl (C=O) groups excluding carboxylic acids is 1. The Balaban J connectivity index is 1.71. The molecule has 0 saturated carbocycles. The Kier molecular flexibility index (Phi) is 5.30. The number of benzene rings is 1. The molecule has 0 aliphatic carbocycles. The molecule has 32 heavy (non-hydrogen) atoms. The van der Waals surface area contributed by atoms with Crippen LogP contribution in [0.5, 0.6) is 17.4 Å². The summed E-state index contributed by atoms with van der Waals surface area (Å²) in [6.45, 7) is 0. The van der Waals surface area contributed by atoms with E-state index in [4.69, 9.17) is 9.47 Å². The Hall–Kier alpha value is -4.29. The van der Waals surface area contributed by atoms with Crippen molar-refractivity contribution in [3.63, 3.8) is 0 Å². The number of hydrogen-bond acceptors (Lipinski definition) is 7. The highest BCUT2D eigenvalue weighted by Crippen LogP contribution is 2.35. The van der Waals surface area contributed by atoms with Gasteiger partial charge in [-0.25, -0.2) is 4.39 Å². The largest absolute Gasteiger partial charge is 0.493 e. The molecule has 1 aromatic carbocycles. The third-order valence-corrected chi connectivity index (χ3v) is 4.19. The average Bonchev–Trinajstić information content (AvgIpc) is 3.22. The van der Waals surface area contributed by atoms with Crippen molar-refractivity contribution >= 4 is 17.2 Å². The molecule has 0 saturated heterocycles. The first-order valence-corrected chi connectivity index (χ1v) is 8.81. The summed E-state index contributed by atoms with van der Waals surface area (Å²) in [5.74, 6) is -2.26. The van der Waals surface area contributed by atoms with Crippen molar-refractivity contribution < 1.29 is 31.8 Å². The van der Waals surface area contributed by atoms with Gasteiger partial charge in [-0.05, 0) is 24.3 Å². The molecule has 4 rings (SSSR count). The van der Waals surface area contributed by atoms with E-state index in [-0.39, 0.29) is 17.2 Å². The molecule has 9 nitrogen and oxygen atoms in total. The number of rotatable bonds is 5. The summed E-state index contributed by atoms with van der Waals surface area (Å²) in [5.41, 5.74) is -1.31. The van der Waals surface area contributed by atoms with Gasteiger partial charge >= 0.3 is 6.18 Å². The predicted octanol–water partition coefficient (Wildman–Crippen LogP) is 3.73. The standard InChI is InChI=1S/C19H12F4N6O3/c1-31-14-6-10(20)2-3-13(14)32-18-12(8-15(26-28-18)19(21,22)23)17(30)25-11-4-5-29-9-24-27-16(29)7-11/h2-9H,1H3,(H,25,30). The maximum Gasteiger partial charge on any atom is 0.435 e. The van der Waals surface area contributed by atoms with Gasteiger partial charge < -0.3 is 14.8 Å². The molecule has 164 valence electrons. The fraction of sp³-hybridized carbons (Fsp3) is 0.105. The van der Waals surface area contributed by atoms with E-state index in [2.05, 4.69) is 25.7 Å². The van der Waals surface area contributed by atoms with Gasteiger partial charge in [0.05, 0.1) is 7.11 Å². The smallest absolute Gasteiger partial charge is 0.435 e. The summed E-state index contributed by atoms with van der Waals surface area (Å²) in [7, 11) is 1.24. The molecule has 0 fully saturated rings. The third kappa shape index (κ3) is 4.26. The second-order valence-corrected chi connectivity index (χ2v) is 6.31. The molecule has 0 bridgehead atoms. The van der Waals surface area contributed by atoms with Crippen LogP contribution in [0.2, 0.25) is 0 Å². The number of nitrogens with zero attached hydrogens (tertiary/aromatic N) is 5. The fourth-order valence-electron chi connectivity index (χ4n) is 2.68. The number of pyridine rings is 1.